The first-order valence-electron chi connectivity index (χ1n) is 5.88. The van der Waals surface area contributed by atoms with Gasteiger partial charge in [0.25, 0.3) is 0 Å². The number of amides is 1. The maximum absolute atomic E-state index is 12.2. The van der Waals surface area contributed by atoms with E-state index in [9.17, 15) is 4.79 Å². The van der Waals surface area contributed by atoms with Crippen molar-refractivity contribution in [3.05, 3.63) is 34.9 Å². The lowest BCUT2D eigenvalue weighted by molar-refractivity contribution is -0.133. The number of hydrogen-bond donors (Lipinski definition) is 2. The molecule has 3 N–H and O–H groups in total. The van der Waals surface area contributed by atoms with Crippen molar-refractivity contribution in [3.63, 3.8) is 0 Å². The highest BCUT2D eigenvalue weighted by Crippen LogP contribution is 2.27. The van der Waals surface area contributed by atoms with Crippen LogP contribution in [0.3, 0.4) is 0 Å². The molecule has 19 heavy (non-hydrogen) atoms. The van der Waals surface area contributed by atoms with Crippen molar-refractivity contribution in [1.82, 2.24) is 4.90 Å². The number of halogens is 1. The van der Waals surface area contributed by atoms with Gasteiger partial charge < -0.3 is 15.8 Å². The first kappa shape index (κ1) is 15.3. The van der Waals surface area contributed by atoms with Crippen LogP contribution in [0.4, 0.5) is 0 Å². The van der Waals surface area contributed by atoms with Gasteiger partial charge in [-0.25, -0.2) is 0 Å². The van der Waals surface area contributed by atoms with Crippen LogP contribution in [0.5, 0.6) is 0 Å². The number of hydrogen-bond acceptors (Lipinski definition) is 3. The van der Waals surface area contributed by atoms with E-state index in [1.54, 1.807) is 20.0 Å². The van der Waals surface area contributed by atoms with Gasteiger partial charge in [0, 0.05) is 12.1 Å². The Morgan fingerprint density at radius 1 is 1.42 bits per heavy atom. The van der Waals surface area contributed by atoms with E-state index in [2.05, 4.69) is 5.16 Å². The average Bonchev–Trinajstić information content (AvgIpc) is 2.43. The maximum Gasteiger partial charge on any atom is 0.233 e. The van der Waals surface area contributed by atoms with Crippen molar-refractivity contribution in [2.24, 2.45) is 16.8 Å². The Morgan fingerprint density at radius 3 is 2.53 bits per heavy atom. The molecule has 6 heteroatoms. The largest absolute Gasteiger partial charge is 0.409 e. The zero-order valence-corrected chi connectivity index (χ0v) is 11.9. The molecule has 0 heterocycles. The smallest absolute Gasteiger partial charge is 0.233 e. The number of rotatable bonds is 4. The van der Waals surface area contributed by atoms with Crippen molar-refractivity contribution in [1.29, 1.82) is 0 Å². The summed E-state index contributed by atoms with van der Waals surface area (Å²) in [7, 11) is 1.66. The monoisotopic (exact) mass is 283 g/mol. The molecule has 0 spiro atoms. The predicted octanol–water partition coefficient (Wildman–Crippen LogP) is 2.24. The second-order valence-corrected chi connectivity index (χ2v) is 4.80. The second-order valence-electron chi connectivity index (χ2n) is 4.39. The van der Waals surface area contributed by atoms with E-state index in [-0.39, 0.29) is 17.8 Å². The van der Waals surface area contributed by atoms with Crippen LogP contribution in [0.2, 0.25) is 5.02 Å². The summed E-state index contributed by atoms with van der Waals surface area (Å²) < 4.78 is 0. The van der Waals surface area contributed by atoms with Crippen LogP contribution >= 0.6 is 11.6 Å². The predicted molar refractivity (Wildman–Crippen MR) is 75.2 cm³/mol. The highest BCUT2D eigenvalue weighted by Gasteiger charge is 2.26. The normalized spacial score (nSPS) is 14.8. The summed E-state index contributed by atoms with van der Waals surface area (Å²) in [6, 6.07) is 7.14. The van der Waals surface area contributed by atoms with Crippen LogP contribution in [0.25, 0.3) is 0 Å². The topological polar surface area (TPSA) is 78.9 Å². The number of amidine groups is 1. The third-order valence-electron chi connectivity index (χ3n) is 3.21. The molecule has 5 nitrogen and oxygen atoms in total. The number of benzene rings is 1. The van der Waals surface area contributed by atoms with Gasteiger partial charge in [-0.3, -0.25) is 4.79 Å². The molecule has 104 valence electrons. The number of nitrogens with zero attached hydrogens (tertiary/aromatic N) is 2. The summed E-state index contributed by atoms with van der Waals surface area (Å²) >= 11 is 6.11. The number of carbonyl (C=O) groups is 1. The molecule has 0 bridgehead atoms. The van der Waals surface area contributed by atoms with Crippen LogP contribution in [0.15, 0.2) is 29.4 Å². The van der Waals surface area contributed by atoms with Gasteiger partial charge in [-0.1, -0.05) is 35.0 Å². The Bertz CT molecular complexity index is 491. The number of oxime groups is 1. The first-order valence-corrected chi connectivity index (χ1v) is 6.26. The summed E-state index contributed by atoms with van der Waals surface area (Å²) in [5.41, 5.74) is 6.30. The second kappa shape index (κ2) is 6.43. The van der Waals surface area contributed by atoms with E-state index < -0.39 is 5.92 Å². The molecular weight excluding hydrogens is 266 g/mol. The van der Waals surface area contributed by atoms with Crippen molar-refractivity contribution in [2.75, 3.05) is 7.05 Å². The van der Waals surface area contributed by atoms with E-state index >= 15 is 0 Å². The van der Waals surface area contributed by atoms with Crippen LogP contribution in [0, 0.1) is 5.92 Å². The molecule has 0 aromatic heterocycles. The molecular formula is C13H18ClN3O2. The van der Waals surface area contributed by atoms with Gasteiger partial charge in [0.05, 0.1) is 12.0 Å². The van der Waals surface area contributed by atoms with E-state index in [4.69, 9.17) is 22.5 Å². The van der Waals surface area contributed by atoms with Gasteiger partial charge in [-0.05, 0) is 25.5 Å². The van der Waals surface area contributed by atoms with Gasteiger partial charge in [-0.15, -0.1) is 0 Å². The van der Waals surface area contributed by atoms with Crippen LogP contribution in [0.1, 0.15) is 25.5 Å². The standard InChI is InChI=1S/C13H18ClN3O2/c1-8(12(15)16-19)13(18)17(3)9(2)10-6-4-5-7-11(10)14/h4-9,19H,1-3H3,(H2,15,16). The van der Waals surface area contributed by atoms with Crippen molar-refractivity contribution in [2.45, 2.75) is 19.9 Å². The molecule has 0 aliphatic rings. The first-order chi connectivity index (χ1) is 8.90. The lowest BCUT2D eigenvalue weighted by Gasteiger charge is -2.28. The number of nitrogens with two attached hydrogens (primary N) is 1. The van der Waals surface area contributed by atoms with Gasteiger partial charge in [0.1, 0.15) is 0 Å². The third-order valence-corrected chi connectivity index (χ3v) is 3.56. The highest BCUT2D eigenvalue weighted by molar-refractivity contribution is 6.31. The fourth-order valence-electron chi connectivity index (χ4n) is 1.73. The Kier molecular flexibility index (Phi) is 5.18. The van der Waals surface area contributed by atoms with E-state index in [0.29, 0.717) is 5.02 Å². The zero-order valence-electron chi connectivity index (χ0n) is 11.2. The van der Waals surface area contributed by atoms with E-state index in [1.807, 2.05) is 25.1 Å². The van der Waals surface area contributed by atoms with E-state index in [0.717, 1.165) is 5.56 Å². The van der Waals surface area contributed by atoms with Crippen LogP contribution in [-0.4, -0.2) is 28.9 Å². The summed E-state index contributed by atoms with van der Waals surface area (Å²) in [5, 5.41) is 12.1. The van der Waals surface area contributed by atoms with Gasteiger partial charge in [-0.2, -0.15) is 0 Å². The fraction of sp³-hybridized carbons (Fsp3) is 0.385. The molecule has 0 saturated heterocycles. The molecule has 0 saturated carbocycles. The summed E-state index contributed by atoms with van der Waals surface area (Å²) in [4.78, 5) is 13.7. The molecule has 0 aliphatic heterocycles. The average molecular weight is 284 g/mol. The molecule has 1 amide bonds. The molecule has 2 atom stereocenters. The highest BCUT2D eigenvalue weighted by atomic mass is 35.5. The van der Waals surface area contributed by atoms with Crippen molar-refractivity contribution >= 4 is 23.3 Å². The van der Waals surface area contributed by atoms with Crippen molar-refractivity contribution < 1.29 is 10.0 Å². The van der Waals surface area contributed by atoms with Crippen molar-refractivity contribution in [3.8, 4) is 0 Å². The maximum atomic E-state index is 12.2. The van der Waals surface area contributed by atoms with E-state index in [1.165, 1.54) is 4.90 Å². The lowest BCUT2D eigenvalue weighted by Crippen LogP contribution is -2.39. The summed E-state index contributed by atoms with van der Waals surface area (Å²) in [6.45, 7) is 3.46. The quantitative estimate of drug-likeness (QED) is 0.385. The Balaban J connectivity index is 2.92. The van der Waals surface area contributed by atoms with Gasteiger partial charge in [0.15, 0.2) is 5.84 Å². The zero-order chi connectivity index (χ0) is 14.6. The lowest BCUT2D eigenvalue weighted by atomic mass is 10.0. The SMILES string of the molecule is CC(C(=O)N(C)C(C)c1ccccc1Cl)C(N)=NO. The Morgan fingerprint density at radius 2 is 2.00 bits per heavy atom. The molecule has 0 radical (unpaired) electrons. The fourth-order valence-corrected chi connectivity index (χ4v) is 2.03. The van der Waals surface area contributed by atoms with Gasteiger partial charge in [0.2, 0.25) is 5.91 Å². The number of carbonyl (C=O) groups excluding carboxylic acids is 1. The molecule has 1 rings (SSSR count). The van der Waals surface area contributed by atoms with Gasteiger partial charge >= 0.3 is 0 Å². The third kappa shape index (κ3) is 3.38. The Labute approximate surface area is 117 Å². The van der Waals surface area contributed by atoms with Crippen LogP contribution in [-0.2, 0) is 4.79 Å². The summed E-state index contributed by atoms with van der Waals surface area (Å²) in [5.74, 6) is -1.02. The molecule has 0 fully saturated rings. The van der Waals surface area contributed by atoms with Crippen LogP contribution < -0.4 is 5.73 Å². The minimum Gasteiger partial charge on any atom is -0.409 e. The molecule has 1 aromatic rings. The molecule has 1 aromatic carbocycles. The minimum atomic E-state index is -0.681. The molecule has 0 aliphatic carbocycles. The summed E-state index contributed by atoms with van der Waals surface area (Å²) in [6.07, 6.45) is 0. The Hall–Kier alpha value is -1.75. The molecule has 2 unspecified atom stereocenters. The minimum absolute atomic E-state index is 0.108.